The Morgan fingerprint density at radius 2 is 1.74 bits per heavy atom. The lowest BCUT2D eigenvalue weighted by Gasteiger charge is -2.29. The van der Waals surface area contributed by atoms with Crippen molar-refractivity contribution >= 4 is 33.3 Å². The lowest BCUT2D eigenvalue weighted by atomic mass is 9.94. The molecule has 0 N–H and O–H groups in total. The molecule has 0 spiro atoms. The van der Waals surface area contributed by atoms with Crippen LogP contribution < -0.4 is 5.56 Å². The maximum atomic E-state index is 13.8. The van der Waals surface area contributed by atoms with Gasteiger partial charge in [-0.3, -0.25) is 9.36 Å². The first-order valence-electron chi connectivity index (χ1n) is 10.4. The van der Waals surface area contributed by atoms with Gasteiger partial charge in [-0.1, -0.05) is 72.4 Å². The van der Waals surface area contributed by atoms with E-state index in [-0.39, 0.29) is 11.2 Å². The second-order valence-electron chi connectivity index (χ2n) is 8.45. The molecule has 1 aliphatic heterocycles. The fourth-order valence-corrected chi connectivity index (χ4v) is 6.04. The molecule has 31 heavy (non-hydrogen) atoms. The van der Waals surface area contributed by atoms with E-state index in [1.165, 1.54) is 5.56 Å². The van der Waals surface area contributed by atoms with E-state index in [2.05, 4.69) is 38.1 Å². The average molecular weight is 449 g/mol. The summed E-state index contributed by atoms with van der Waals surface area (Å²) in [6.45, 7) is 5.23. The van der Waals surface area contributed by atoms with Crippen molar-refractivity contribution in [3.8, 4) is 0 Å². The molecule has 0 saturated heterocycles. The van der Waals surface area contributed by atoms with Gasteiger partial charge >= 0.3 is 0 Å². The SMILES string of the molecule is CC1(C)Cc2c(sc3nc(SCc4ccccc4)n(Cc4ccccc4)c(=O)c23)CO1. The van der Waals surface area contributed by atoms with E-state index >= 15 is 0 Å². The van der Waals surface area contributed by atoms with Crippen molar-refractivity contribution in [2.75, 3.05) is 0 Å². The van der Waals surface area contributed by atoms with Gasteiger partial charge in [-0.15, -0.1) is 11.3 Å². The largest absolute Gasteiger partial charge is 0.370 e. The Hall–Kier alpha value is -2.41. The van der Waals surface area contributed by atoms with E-state index in [1.54, 1.807) is 23.1 Å². The number of thioether (sulfide) groups is 1. The zero-order valence-electron chi connectivity index (χ0n) is 17.6. The van der Waals surface area contributed by atoms with E-state index in [9.17, 15) is 4.79 Å². The van der Waals surface area contributed by atoms with Crippen LogP contribution in [-0.4, -0.2) is 15.2 Å². The summed E-state index contributed by atoms with van der Waals surface area (Å²) < 4.78 is 7.84. The number of hydrogen-bond donors (Lipinski definition) is 0. The Labute approximate surface area is 189 Å². The van der Waals surface area contributed by atoms with Crippen molar-refractivity contribution in [1.82, 2.24) is 9.55 Å². The number of fused-ring (bicyclic) bond motifs is 3. The van der Waals surface area contributed by atoms with Crippen LogP contribution in [0.4, 0.5) is 0 Å². The van der Waals surface area contributed by atoms with Crippen molar-refractivity contribution in [3.05, 3.63) is 92.6 Å². The average Bonchev–Trinajstić information content (AvgIpc) is 3.12. The Morgan fingerprint density at radius 3 is 2.45 bits per heavy atom. The van der Waals surface area contributed by atoms with Gasteiger partial charge in [0.05, 0.1) is 24.1 Å². The Balaban J connectivity index is 1.62. The van der Waals surface area contributed by atoms with Crippen LogP contribution in [0.15, 0.2) is 70.6 Å². The van der Waals surface area contributed by atoms with Crippen molar-refractivity contribution in [2.24, 2.45) is 0 Å². The van der Waals surface area contributed by atoms with Crippen molar-refractivity contribution in [2.45, 2.75) is 49.9 Å². The molecule has 4 nitrogen and oxygen atoms in total. The molecule has 0 saturated carbocycles. The molecule has 158 valence electrons. The van der Waals surface area contributed by atoms with Gasteiger partial charge in [-0.05, 0) is 30.5 Å². The number of aromatic nitrogens is 2. The number of rotatable bonds is 5. The minimum atomic E-state index is -0.265. The quantitative estimate of drug-likeness (QED) is 0.292. The highest BCUT2D eigenvalue weighted by molar-refractivity contribution is 7.98. The molecule has 0 atom stereocenters. The first-order valence-corrected chi connectivity index (χ1v) is 12.2. The minimum absolute atomic E-state index is 0.0552. The smallest absolute Gasteiger partial charge is 0.263 e. The van der Waals surface area contributed by atoms with E-state index < -0.39 is 0 Å². The van der Waals surface area contributed by atoms with E-state index in [0.717, 1.165) is 43.6 Å². The second-order valence-corrected chi connectivity index (χ2v) is 10.5. The maximum absolute atomic E-state index is 13.8. The summed E-state index contributed by atoms with van der Waals surface area (Å²) in [5, 5.41) is 1.54. The van der Waals surface area contributed by atoms with Gasteiger partial charge < -0.3 is 4.74 Å². The summed E-state index contributed by atoms with van der Waals surface area (Å²) in [4.78, 5) is 20.7. The Kier molecular flexibility index (Phi) is 5.46. The molecule has 0 amide bonds. The third-order valence-electron chi connectivity index (χ3n) is 5.55. The van der Waals surface area contributed by atoms with Gasteiger partial charge in [0, 0.05) is 17.1 Å². The van der Waals surface area contributed by atoms with Crippen LogP contribution in [0.2, 0.25) is 0 Å². The molecule has 4 aromatic rings. The molecule has 0 radical (unpaired) electrons. The second kappa shape index (κ2) is 8.26. The molecule has 3 heterocycles. The predicted molar refractivity (Wildman–Crippen MR) is 128 cm³/mol. The summed E-state index contributed by atoms with van der Waals surface area (Å²) in [6.07, 6.45) is 0.737. The van der Waals surface area contributed by atoms with Crippen molar-refractivity contribution in [3.63, 3.8) is 0 Å². The van der Waals surface area contributed by atoms with Crippen LogP contribution in [0.3, 0.4) is 0 Å². The molecule has 0 bridgehead atoms. The van der Waals surface area contributed by atoms with Gasteiger partial charge in [0.2, 0.25) is 0 Å². The first-order chi connectivity index (χ1) is 15.0. The maximum Gasteiger partial charge on any atom is 0.263 e. The normalized spacial score (nSPS) is 15.2. The minimum Gasteiger partial charge on any atom is -0.370 e. The molecule has 5 rings (SSSR count). The number of hydrogen-bond acceptors (Lipinski definition) is 5. The molecule has 2 aromatic carbocycles. The summed E-state index contributed by atoms with van der Waals surface area (Å²) in [5.41, 5.74) is 3.22. The molecule has 2 aromatic heterocycles. The summed E-state index contributed by atoms with van der Waals surface area (Å²) in [7, 11) is 0. The highest BCUT2D eigenvalue weighted by Crippen LogP contribution is 2.37. The van der Waals surface area contributed by atoms with Crippen LogP contribution in [0.1, 0.15) is 35.4 Å². The summed E-state index contributed by atoms with van der Waals surface area (Å²) in [5.74, 6) is 0.773. The van der Waals surface area contributed by atoms with Crippen LogP contribution >= 0.6 is 23.1 Å². The topological polar surface area (TPSA) is 44.1 Å². The van der Waals surface area contributed by atoms with Crippen LogP contribution in [0.25, 0.3) is 10.2 Å². The molecule has 0 unspecified atom stereocenters. The Bertz CT molecular complexity index is 1280. The highest BCUT2D eigenvalue weighted by atomic mass is 32.2. The van der Waals surface area contributed by atoms with Gasteiger partial charge in [0.15, 0.2) is 5.16 Å². The fraction of sp³-hybridized carbons (Fsp3) is 0.280. The Morgan fingerprint density at radius 1 is 1.06 bits per heavy atom. The van der Waals surface area contributed by atoms with Gasteiger partial charge in [0.25, 0.3) is 5.56 Å². The van der Waals surface area contributed by atoms with Crippen LogP contribution in [0.5, 0.6) is 0 Å². The van der Waals surface area contributed by atoms with E-state index in [4.69, 9.17) is 9.72 Å². The standard InChI is InChI=1S/C25H24N2O2S2/c1-25(2)13-19-20(15-29-25)31-22-21(19)23(28)27(14-17-9-5-3-6-10-17)24(26-22)30-16-18-11-7-4-8-12-18/h3-12H,13-16H2,1-2H3. The number of benzene rings is 2. The zero-order valence-corrected chi connectivity index (χ0v) is 19.3. The van der Waals surface area contributed by atoms with Crippen LogP contribution in [0, 0.1) is 0 Å². The zero-order chi connectivity index (χ0) is 21.4. The third-order valence-corrected chi connectivity index (χ3v) is 7.70. The lowest BCUT2D eigenvalue weighted by molar-refractivity contribution is -0.0379. The third kappa shape index (κ3) is 4.20. The van der Waals surface area contributed by atoms with Crippen molar-refractivity contribution < 1.29 is 4.74 Å². The molecular weight excluding hydrogens is 424 g/mol. The van der Waals surface area contributed by atoms with E-state index in [0.29, 0.717) is 13.2 Å². The molecule has 0 fully saturated rings. The highest BCUT2D eigenvalue weighted by Gasteiger charge is 2.31. The van der Waals surface area contributed by atoms with Gasteiger partial charge in [-0.2, -0.15) is 0 Å². The number of thiophene rings is 1. The molecule has 0 aliphatic carbocycles. The molecule has 6 heteroatoms. The lowest BCUT2D eigenvalue weighted by Crippen LogP contribution is -2.32. The summed E-state index contributed by atoms with van der Waals surface area (Å²) in [6, 6.07) is 20.4. The fourth-order valence-electron chi connectivity index (χ4n) is 3.95. The molecule has 1 aliphatic rings. The molecular formula is C25H24N2O2S2. The number of nitrogens with zero attached hydrogens (tertiary/aromatic N) is 2. The number of ether oxygens (including phenoxy) is 1. The van der Waals surface area contributed by atoms with Gasteiger partial charge in [0.1, 0.15) is 4.83 Å². The predicted octanol–water partition coefficient (Wildman–Crippen LogP) is 5.65. The van der Waals surface area contributed by atoms with E-state index in [1.807, 2.05) is 41.0 Å². The van der Waals surface area contributed by atoms with Crippen molar-refractivity contribution in [1.29, 1.82) is 0 Å². The van der Waals surface area contributed by atoms with Crippen LogP contribution in [-0.2, 0) is 30.1 Å². The van der Waals surface area contributed by atoms with Gasteiger partial charge in [-0.25, -0.2) is 4.98 Å². The first kappa shape index (κ1) is 20.5. The summed E-state index contributed by atoms with van der Waals surface area (Å²) >= 11 is 3.22. The monoisotopic (exact) mass is 448 g/mol.